The zero-order chi connectivity index (χ0) is 21.4. The fraction of sp³-hybridized carbons (Fsp3) is 0.458. The fourth-order valence-electron chi connectivity index (χ4n) is 4.58. The molecule has 31 heavy (non-hydrogen) atoms. The average Bonchev–Trinajstić information content (AvgIpc) is 3.14. The minimum atomic E-state index is 0.0365. The molecule has 7 heteroatoms. The first kappa shape index (κ1) is 20.2. The second-order valence-corrected chi connectivity index (χ2v) is 9.68. The van der Waals surface area contributed by atoms with Gasteiger partial charge in [-0.25, -0.2) is 9.97 Å². The first-order valence-corrected chi connectivity index (χ1v) is 11.9. The van der Waals surface area contributed by atoms with Crippen LogP contribution in [-0.2, 0) is 17.6 Å². The van der Waals surface area contributed by atoms with Crippen LogP contribution < -0.4 is 9.64 Å². The van der Waals surface area contributed by atoms with Crippen LogP contribution in [0.1, 0.15) is 29.6 Å². The molecule has 2 aromatic heterocycles. The monoisotopic (exact) mass is 436 g/mol. The second-order valence-electron chi connectivity index (χ2n) is 8.60. The number of rotatable bonds is 4. The predicted octanol–water partition coefficient (Wildman–Crippen LogP) is 3.85. The predicted molar refractivity (Wildman–Crippen MR) is 124 cm³/mol. The Balaban J connectivity index is 1.30. The van der Waals surface area contributed by atoms with Gasteiger partial charge in [-0.3, -0.25) is 4.79 Å². The Kier molecular flexibility index (Phi) is 5.52. The van der Waals surface area contributed by atoms with Gasteiger partial charge in [-0.2, -0.15) is 0 Å². The van der Waals surface area contributed by atoms with E-state index in [4.69, 9.17) is 14.7 Å². The quantitative estimate of drug-likeness (QED) is 0.622. The number of benzene rings is 1. The summed E-state index contributed by atoms with van der Waals surface area (Å²) < 4.78 is 5.64. The number of piperazine rings is 1. The summed E-state index contributed by atoms with van der Waals surface area (Å²) in [5, 5.41) is 1.25. The van der Waals surface area contributed by atoms with Crippen molar-refractivity contribution in [3.05, 3.63) is 46.6 Å². The van der Waals surface area contributed by atoms with E-state index in [-0.39, 0.29) is 12.5 Å². The third kappa shape index (κ3) is 4.11. The van der Waals surface area contributed by atoms with E-state index in [1.807, 2.05) is 53.5 Å². The van der Waals surface area contributed by atoms with Crippen molar-refractivity contribution in [2.24, 2.45) is 5.92 Å². The number of amides is 1. The van der Waals surface area contributed by atoms with Gasteiger partial charge in [0.1, 0.15) is 22.2 Å². The summed E-state index contributed by atoms with van der Waals surface area (Å²) in [6, 6.07) is 9.50. The number of thiophene rings is 1. The lowest BCUT2D eigenvalue weighted by molar-refractivity contribution is -0.133. The van der Waals surface area contributed by atoms with Crippen molar-refractivity contribution in [3.63, 3.8) is 0 Å². The maximum Gasteiger partial charge on any atom is 0.260 e. The normalized spacial score (nSPS) is 18.8. The highest BCUT2D eigenvalue weighted by Gasteiger charge is 2.28. The first-order chi connectivity index (χ1) is 15.1. The van der Waals surface area contributed by atoms with Crippen molar-refractivity contribution in [2.45, 2.75) is 33.1 Å². The van der Waals surface area contributed by atoms with E-state index in [9.17, 15) is 4.79 Å². The van der Waals surface area contributed by atoms with Crippen molar-refractivity contribution >= 4 is 33.3 Å². The topological polar surface area (TPSA) is 58.6 Å². The maximum atomic E-state index is 12.6. The number of carbonyl (C=O) groups excluding carboxylic acids is 1. The van der Waals surface area contributed by atoms with E-state index < -0.39 is 0 Å². The molecule has 6 nitrogen and oxygen atoms in total. The van der Waals surface area contributed by atoms with Gasteiger partial charge < -0.3 is 14.5 Å². The Morgan fingerprint density at radius 2 is 1.94 bits per heavy atom. The van der Waals surface area contributed by atoms with E-state index in [0.717, 1.165) is 54.1 Å². The number of ether oxygens (including phenoxy) is 1. The molecule has 3 heterocycles. The maximum absolute atomic E-state index is 12.6. The van der Waals surface area contributed by atoms with E-state index in [2.05, 4.69) is 11.8 Å². The third-order valence-electron chi connectivity index (χ3n) is 6.29. The number of hydrogen-bond donors (Lipinski definition) is 0. The molecule has 0 spiro atoms. The molecule has 0 radical (unpaired) electrons. The van der Waals surface area contributed by atoms with Crippen molar-refractivity contribution in [1.29, 1.82) is 0 Å². The van der Waals surface area contributed by atoms with Crippen LogP contribution in [0.2, 0.25) is 0 Å². The summed E-state index contributed by atoms with van der Waals surface area (Å²) in [6.07, 6.45) is 3.50. The highest BCUT2D eigenvalue weighted by atomic mass is 32.1. The number of hydrogen-bond acceptors (Lipinski definition) is 6. The standard InChI is InChI=1S/C24H28N4O2S/c1-16-8-9-19-20(14-16)31-24-22(19)23(25-17(2)26-24)28-12-10-27(11-13-28)21(29)15-30-18-6-4-3-5-7-18/h3-7,16H,8-15H2,1-2H3. The summed E-state index contributed by atoms with van der Waals surface area (Å²) in [7, 11) is 0. The molecular formula is C24H28N4O2S. The van der Waals surface area contributed by atoms with Gasteiger partial charge in [0.2, 0.25) is 0 Å². The van der Waals surface area contributed by atoms with Crippen LogP contribution in [0.4, 0.5) is 5.82 Å². The van der Waals surface area contributed by atoms with Gasteiger partial charge in [-0.15, -0.1) is 11.3 Å². The fourth-order valence-corrected chi connectivity index (χ4v) is 6.00. The van der Waals surface area contributed by atoms with Gasteiger partial charge in [0, 0.05) is 31.1 Å². The van der Waals surface area contributed by atoms with Gasteiger partial charge in [-0.05, 0) is 49.8 Å². The number of aromatic nitrogens is 2. The van der Waals surface area contributed by atoms with Crippen molar-refractivity contribution in [3.8, 4) is 5.75 Å². The number of nitrogens with zero attached hydrogens (tertiary/aromatic N) is 4. The van der Waals surface area contributed by atoms with Crippen molar-refractivity contribution in [2.75, 3.05) is 37.7 Å². The molecule has 0 saturated carbocycles. The highest BCUT2D eigenvalue weighted by molar-refractivity contribution is 7.19. The summed E-state index contributed by atoms with van der Waals surface area (Å²) in [4.78, 5) is 29.1. The minimum Gasteiger partial charge on any atom is -0.484 e. The third-order valence-corrected chi connectivity index (χ3v) is 7.43. The van der Waals surface area contributed by atoms with E-state index in [1.165, 1.54) is 22.2 Å². The molecule has 1 aliphatic carbocycles. The lowest BCUT2D eigenvalue weighted by Gasteiger charge is -2.36. The number of para-hydroxylation sites is 1. The SMILES string of the molecule is Cc1nc(N2CCN(C(=O)COc3ccccc3)CC2)c2c3c(sc2n1)CC(C)CC3. The molecule has 1 atom stereocenters. The Morgan fingerprint density at radius 3 is 2.71 bits per heavy atom. The van der Waals surface area contributed by atoms with E-state index in [1.54, 1.807) is 0 Å². The van der Waals surface area contributed by atoms with Crippen molar-refractivity contribution < 1.29 is 9.53 Å². The van der Waals surface area contributed by atoms with Crippen LogP contribution in [-0.4, -0.2) is 53.6 Å². The Labute approximate surface area is 186 Å². The molecular weight excluding hydrogens is 408 g/mol. The zero-order valence-electron chi connectivity index (χ0n) is 18.1. The average molecular weight is 437 g/mol. The molecule has 5 rings (SSSR count). The summed E-state index contributed by atoms with van der Waals surface area (Å²) >= 11 is 1.85. The molecule has 0 bridgehead atoms. The minimum absolute atomic E-state index is 0.0365. The molecule has 162 valence electrons. The number of fused-ring (bicyclic) bond motifs is 3. The van der Waals surface area contributed by atoms with Gasteiger partial charge in [0.15, 0.2) is 6.61 Å². The highest BCUT2D eigenvalue weighted by Crippen LogP contribution is 2.41. The van der Waals surface area contributed by atoms with Crippen LogP contribution >= 0.6 is 11.3 Å². The van der Waals surface area contributed by atoms with Crippen molar-refractivity contribution in [1.82, 2.24) is 14.9 Å². The van der Waals surface area contributed by atoms with Crippen LogP contribution in [0.25, 0.3) is 10.2 Å². The lowest BCUT2D eigenvalue weighted by atomic mass is 9.89. The van der Waals surface area contributed by atoms with Gasteiger partial charge >= 0.3 is 0 Å². The molecule has 1 aromatic carbocycles. The Hall–Kier alpha value is -2.67. The smallest absolute Gasteiger partial charge is 0.260 e. The zero-order valence-corrected chi connectivity index (χ0v) is 19.0. The van der Waals surface area contributed by atoms with Gasteiger partial charge in [-0.1, -0.05) is 25.1 Å². The van der Waals surface area contributed by atoms with E-state index in [0.29, 0.717) is 13.1 Å². The molecule has 1 fully saturated rings. The van der Waals surface area contributed by atoms with E-state index >= 15 is 0 Å². The largest absolute Gasteiger partial charge is 0.484 e. The molecule has 1 aliphatic heterocycles. The first-order valence-electron chi connectivity index (χ1n) is 11.1. The van der Waals surface area contributed by atoms with Gasteiger partial charge in [0.25, 0.3) is 5.91 Å². The molecule has 3 aromatic rings. The molecule has 1 saturated heterocycles. The number of carbonyl (C=O) groups is 1. The van der Waals surface area contributed by atoms with Crippen LogP contribution in [0, 0.1) is 12.8 Å². The van der Waals surface area contributed by atoms with Gasteiger partial charge in [0.05, 0.1) is 5.39 Å². The molecule has 1 amide bonds. The Bertz CT molecular complexity index is 1090. The summed E-state index contributed by atoms with van der Waals surface area (Å²) in [5.74, 6) is 3.39. The summed E-state index contributed by atoms with van der Waals surface area (Å²) in [5.41, 5.74) is 1.46. The number of anilines is 1. The molecule has 0 N–H and O–H groups in total. The molecule has 1 unspecified atom stereocenters. The molecule has 2 aliphatic rings. The van der Waals surface area contributed by atoms with Crippen LogP contribution in [0.15, 0.2) is 30.3 Å². The second kappa shape index (κ2) is 8.46. The Morgan fingerprint density at radius 1 is 1.16 bits per heavy atom. The lowest BCUT2D eigenvalue weighted by Crippen LogP contribution is -2.50. The number of aryl methyl sites for hydroxylation is 2. The summed E-state index contributed by atoms with van der Waals surface area (Å²) in [6.45, 7) is 7.33. The van der Waals surface area contributed by atoms with Crippen LogP contribution in [0.5, 0.6) is 5.75 Å². The van der Waals surface area contributed by atoms with Crippen LogP contribution in [0.3, 0.4) is 0 Å².